The van der Waals surface area contributed by atoms with Crippen molar-refractivity contribution in [2.75, 3.05) is 13.7 Å². The number of hydrogen-bond acceptors (Lipinski definition) is 1. The second-order valence-corrected chi connectivity index (χ2v) is 8.14. The van der Waals surface area contributed by atoms with Gasteiger partial charge in [0, 0.05) is 19.1 Å². The van der Waals surface area contributed by atoms with Gasteiger partial charge in [-0.1, -0.05) is 48.5 Å². The molecule has 0 saturated carbocycles. The molecule has 0 fully saturated rings. The Kier molecular flexibility index (Phi) is 7.09. The highest BCUT2D eigenvalue weighted by molar-refractivity contribution is 5.88. The van der Waals surface area contributed by atoms with Gasteiger partial charge in [0.1, 0.15) is 5.82 Å². The molecule has 0 aliphatic rings. The lowest BCUT2D eigenvalue weighted by Gasteiger charge is -2.10. The number of rotatable bonds is 8. The fraction of sp³-hybridized carbons (Fsp3) is 0.214. The Morgan fingerprint density at radius 2 is 1.33 bits per heavy atom. The highest BCUT2D eigenvalue weighted by atomic mass is 19.2. The second kappa shape index (κ2) is 10.2. The van der Waals surface area contributed by atoms with E-state index in [0.717, 1.165) is 48.1 Å². The summed E-state index contributed by atoms with van der Waals surface area (Å²) in [6.45, 7) is 0.734. The van der Waals surface area contributed by atoms with Crippen molar-refractivity contribution in [3.8, 4) is 11.1 Å². The summed E-state index contributed by atoms with van der Waals surface area (Å²) in [4.78, 5) is 0. The Morgan fingerprint density at radius 1 is 0.636 bits per heavy atom. The first-order valence-corrected chi connectivity index (χ1v) is 10.9. The molecule has 4 aromatic carbocycles. The summed E-state index contributed by atoms with van der Waals surface area (Å²) in [5.41, 5.74) is 4.02. The zero-order valence-corrected chi connectivity index (χ0v) is 18.3. The lowest BCUT2D eigenvalue weighted by atomic mass is 9.96. The minimum absolute atomic E-state index is 0.200. The number of aryl methyl sites for hydroxylation is 3. The predicted molar refractivity (Wildman–Crippen MR) is 123 cm³/mol. The predicted octanol–water partition coefficient (Wildman–Crippen LogP) is 7.43. The van der Waals surface area contributed by atoms with Gasteiger partial charge in [0.05, 0.1) is 0 Å². The average molecular weight is 452 g/mol. The molecule has 0 saturated heterocycles. The number of ether oxygens (including phenoxy) is 1. The molecule has 1 nitrogen and oxygen atoms in total. The van der Waals surface area contributed by atoms with Crippen LogP contribution in [0.4, 0.5) is 17.6 Å². The molecule has 4 aromatic rings. The summed E-state index contributed by atoms with van der Waals surface area (Å²) in [5, 5.41) is 1.26. The molecular formula is C28H24F4O. The van der Waals surface area contributed by atoms with E-state index in [1.807, 2.05) is 18.2 Å². The van der Waals surface area contributed by atoms with Crippen molar-refractivity contribution in [2.24, 2.45) is 0 Å². The molecule has 0 aliphatic heterocycles. The number of fused-ring (bicyclic) bond motifs is 1. The quantitative estimate of drug-likeness (QED) is 0.153. The van der Waals surface area contributed by atoms with Crippen LogP contribution in [0.3, 0.4) is 0 Å². The number of halogens is 4. The first kappa shape index (κ1) is 23.0. The highest BCUT2D eigenvalue weighted by Gasteiger charge is 2.13. The molecule has 0 aliphatic carbocycles. The number of methoxy groups -OCH3 is 1. The van der Waals surface area contributed by atoms with E-state index in [-0.39, 0.29) is 24.2 Å². The average Bonchev–Trinajstić information content (AvgIpc) is 2.82. The second-order valence-electron chi connectivity index (χ2n) is 8.14. The maximum Gasteiger partial charge on any atom is 0.194 e. The van der Waals surface area contributed by atoms with Crippen molar-refractivity contribution in [2.45, 2.75) is 25.7 Å². The van der Waals surface area contributed by atoms with Gasteiger partial charge < -0.3 is 4.74 Å². The smallest absolute Gasteiger partial charge is 0.194 e. The van der Waals surface area contributed by atoms with Crippen LogP contribution in [0.25, 0.3) is 21.9 Å². The van der Waals surface area contributed by atoms with Crippen LogP contribution in [0.1, 0.15) is 23.1 Å². The largest absolute Gasteiger partial charge is 0.385 e. The first-order chi connectivity index (χ1) is 16.0. The van der Waals surface area contributed by atoms with Crippen LogP contribution in [0.15, 0.2) is 66.7 Å². The molecule has 0 radical (unpaired) electrons. The molecule has 170 valence electrons. The zero-order valence-electron chi connectivity index (χ0n) is 18.3. The Hall–Kier alpha value is -3.18. The topological polar surface area (TPSA) is 9.23 Å². The summed E-state index contributed by atoms with van der Waals surface area (Å²) in [6, 6.07) is 19.4. The molecule has 0 spiro atoms. The minimum Gasteiger partial charge on any atom is -0.385 e. The van der Waals surface area contributed by atoms with Crippen LogP contribution in [0.5, 0.6) is 0 Å². The molecule has 0 unspecified atom stereocenters. The molecule has 0 heterocycles. The molecule has 0 amide bonds. The minimum atomic E-state index is -1.49. The molecule has 4 rings (SSSR count). The Balaban J connectivity index is 1.51. The summed E-state index contributed by atoms with van der Waals surface area (Å²) in [5.74, 6) is -4.32. The number of benzene rings is 4. The van der Waals surface area contributed by atoms with Gasteiger partial charge in [-0.3, -0.25) is 0 Å². The SMILES string of the molecule is COCCCc1ccc(-c2ccc3c(F)c(CCc4cc(F)c(F)c(F)c4)ccc3c2)cc1. The summed E-state index contributed by atoms with van der Waals surface area (Å²) in [7, 11) is 1.70. The van der Waals surface area contributed by atoms with E-state index in [9.17, 15) is 13.2 Å². The maximum absolute atomic E-state index is 15.1. The van der Waals surface area contributed by atoms with Crippen molar-refractivity contribution in [3.05, 3.63) is 107 Å². The fourth-order valence-electron chi connectivity index (χ4n) is 4.03. The molecule has 0 atom stereocenters. The van der Waals surface area contributed by atoms with Crippen LogP contribution in [-0.4, -0.2) is 13.7 Å². The molecular weight excluding hydrogens is 428 g/mol. The van der Waals surface area contributed by atoms with Crippen LogP contribution < -0.4 is 0 Å². The van der Waals surface area contributed by atoms with E-state index >= 15 is 4.39 Å². The van der Waals surface area contributed by atoms with Gasteiger partial charge >= 0.3 is 0 Å². The van der Waals surface area contributed by atoms with Gasteiger partial charge in [0.25, 0.3) is 0 Å². The standard InChI is InChI=1S/C28H24F4O/c1-33-14-2-3-18-4-7-20(8-5-18)22-12-13-24-23(17-22)11-10-21(27(24)31)9-6-19-15-25(29)28(32)26(30)16-19/h4-5,7-8,10-13,15-17H,2-3,6,9,14H2,1H3. The van der Waals surface area contributed by atoms with Gasteiger partial charge in [0.15, 0.2) is 17.5 Å². The van der Waals surface area contributed by atoms with Crippen molar-refractivity contribution in [1.82, 2.24) is 0 Å². The maximum atomic E-state index is 15.1. The van der Waals surface area contributed by atoms with E-state index in [1.165, 1.54) is 5.56 Å². The first-order valence-electron chi connectivity index (χ1n) is 10.9. The molecule has 5 heteroatoms. The summed E-state index contributed by atoms with van der Waals surface area (Å²) in [6.07, 6.45) is 2.37. The van der Waals surface area contributed by atoms with Crippen molar-refractivity contribution >= 4 is 10.8 Å². The van der Waals surface area contributed by atoms with Crippen LogP contribution in [0.2, 0.25) is 0 Å². The van der Waals surface area contributed by atoms with Gasteiger partial charge in [0.2, 0.25) is 0 Å². The van der Waals surface area contributed by atoms with E-state index in [2.05, 4.69) is 24.3 Å². The third-order valence-corrected chi connectivity index (χ3v) is 5.86. The van der Waals surface area contributed by atoms with Crippen LogP contribution >= 0.6 is 0 Å². The van der Waals surface area contributed by atoms with Gasteiger partial charge in [-0.15, -0.1) is 0 Å². The van der Waals surface area contributed by atoms with Crippen molar-refractivity contribution in [1.29, 1.82) is 0 Å². The number of hydrogen-bond donors (Lipinski definition) is 0. The van der Waals surface area contributed by atoms with Crippen molar-refractivity contribution in [3.63, 3.8) is 0 Å². The van der Waals surface area contributed by atoms with Crippen molar-refractivity contribution < 1.29 is 22.3 Å². The Morgan fingerprint density at radius 3 is 2.03 bits per heavy atom. The Labute approximate surface area is 190 Å². The molecule has 33 heavy (non-hydrogen) atoms. The summed E-state index contributed by atoms with van der Waals surface area (Å²) < 4.78 is 60.2. The highest BCUT2D eigenvalue weighted by Crippen LogP contribution is 2.28. The zero-order chi connectivity index (χ0) is 23.4. The lowest BCUT2D eigenvalue weighted by Crippen LogP contribution is -1.99. The third-order valence-electron chi connectivity index (χ3n) is 5.86. The normalized spacial score (nSPS) is 11.3. The van der Waals surface area contributed by atoms with Gasteiger partial charge in [-0.05, 0) is 77.1 Å². The monoisotopic (exact) mass is 452 g/mol. The van der Waals surface area contributed by atoms with E-state index < -0.39 is 17.5 Å². The van der Waals surface area contributed by atoms with Gasteiger partial charge in [-0.2, -0.15) is 0 Å². The third kappa shape index (κ3) is 5.25. The molecule has 0 bridgehead atoms. The lowest BCUT2D eigenvalue weighted by molar-refractivity contribution is 0.195. The molecule has 0 N–H and O–H groups in total. The van der Waals surface area contributed by atoms with E-state index in [0.29, 0.717) is 10.9 Å². The van der Waals surface area contributed by atoms with Crippen LogP contribution in [-0.2, 0) is 24.0 Å². The Bertz CT molecular complexity index is 1240. The van der Waals surface area contributed by atoms with E-state index in [1.54, 1.807) is 19.2 Å². The molecule has 0 aromatic heterocycles. The summed E-state index contributed by atoms with van der Waals surface area (Å²) >= 11 is 0. The fourth-order valence-corrected chi connectivity index (χ4v) is 4.03. The van der Waals surface area contributed by atoms with Gasteiger partial charge in [-0.25, -0.2) is 17.6 Å². The van der Waals surface area contributed by atoms with E-state index in [4.69, 9.17) is 4.74 Å². The van der Waals surface area contributed by atoms with Crippen LogP contribution in [0, 0.1) is 23.3 Å².